The molecule has 2 aromatic rings. The van der Waals surface area contributed by atoms with Gasteiger partial charge in [0, 0.05) is 31.3 Å². The molecule has 1 aromatic heterocycles. The number of carbonyl (C=O) groups excluding carboxylic acids is 2. The summed E-state index contributed by atoms with van der Waals surface area (Å²) >= 11 is 0. The fourth-order valence-electron chi connectivity index (χ4n) is 2.36. The highest BCUT2D eigenvalue weighted by Gasteiger charge is 2.36. The Labute approximate surface area is 130 Å². The number of amides is 1. The summed E-state index contributed by atoms with van der Waals surface area (Å²) < 4.78 is 5.16. The lowest BCUT2D eigenvalue weighted by Gasteiger charge is -2.16. The molecular formula is C14H12N4O5. The van der Waals surface area contributed by atoms with Gasteiger partial charge in [0.05, 0.1) is 10.6 Å². The van der Waals surface area contributed by atoms with Crippen molar-refractivity contribution in [2.24, 2.45) is 0 Å². The molecule has 3 rings (SSSR count). The second kappa shape index (κ2) is 5.87. The molecule has 0 saturated carbocycles. The first-order valence-corrected chi connectivity index (χ1v) is 6.82. The van der Waals surface area contributed by atoms with Crippen molar-refractivity contribution in [1.82, 2.24) is 10.2 Å². The van der Waals surface area contributed by atoms with E-state index in [1.807, 2.05) is 0 Å². The molecule has 9 nitrogen and oxygen atoms in total. The molecule has 1 fully saturated rings. The number of non-ortho nitro benzene ring substituents is 1. The maximum Gasteiger partial charge on any atom is 0.357 e. The van der Waals surface area contributed by atoms with Crippen LogP contribution in [0.1, 0.15) is 16.9 Å². The van der Waals surface area contributed by atoms with Gasteiger partial charge < -0.3 is 9.64 Å². The molecule has 9 heteroatoms. The highest BCUT2D eigenvalue weighted by Crippen LogP contribution is 2.26. The predicted octanol–water partition coefficient (Wildman–Crippen LogP) is 1.28. The molecule has 0 radical (unpaired) electrons. The quantitative estimate of drug-likeness (QED) is 0.515. The molecule has 1 unspecified atom stereocenters. The minimum atomic E-state index is -0.912. The van der Waals surface area contributed by atoms with Gasteiger partial charge in [-0.1, -0.05) is 6.07 Å². The summed E-state index contributed by atoms with van der Waals surface area (Å²) in [6, 6.07) is 7.21. The van der Waals surface area contributed by atoms with E-state index in [1.54, 1.807) is 6.07 Å². The third-order valence-corrected chi connectivity index (χ3v) is 3.48. The number of nitrogens with zero attached hydrogens (tertiary/aromatic N) is 3. The molecule has 1 saturated heterocycles. The minimum absolute atomic E-state index is 0.104. The van der Waals surface area contributed by atoms with Crippen LogP contribution < -0.4 is 4.90 Å². The molecule has 1 aromatic carbocycles. The lowest BCUT2D eigenvalue weighted by molar-refractivity contribution is -0.384. The van der Waals surface area contributed by atoms with Crippen LogP contribution in [-0.4, -0.2) is 39.6 Å². The van der Waals surface area contributed by atoms with Crippen LogP contribution >= 0.6 is 0 Å². The van der Waals surface area contributed by atoms with Crippen LogP contribution in [0.4, 0.5) is 11.4 Å². The van der Waals surface area contributed by atoms with Crippen molar-refractivity contribution in [3.05, 3.63) is 52.3 Å². The number of hydrogen-bond acceptors (Lipinski definition) is 6. The number of anilines is 1. The van der Waals surface area contributed by atoms with Gasteiger partial charge in [-0.25, -0.2) is 4.79 Å². The van der Waals surface area contributed by atoms with Crippen molar-refractivity contribution in [3.63, 3.8) is 0 Å². The van der Waals surface area contributed by atoms with Crippen LogP contribution in [0.2, 0.25) is 0 Å². The van der Waals surface area contributed by atoms with Gasteiger partial charge in [0.2, 0.25) is 0 Å². The zero-order valence-electron chi connectivity index (χ0n) is 11.8. The average molecular weight is 316 g/mol. The molecule has 0 bridgehead atoms. The fraction of sp³-hybridized carbons (Fsp3) is 0.214. The Hall–Kier alpha value is -3.23. The Morgan fingerprint density at radius 2 is 2.26 bits per heavy atom. The summed E-state index contributed by atoms with van der Waals surface area (Å²) in [5.74, 6) is -1.07. The number of benzene rings is 1. The smallest absolute Gasteiger partial charge is 0.357 e. The maximum absolute atomic E-state index is 12.3. The number of aromatic nitrogens is 2. The normalized spacial score (nSPS) is 17.3. The zero-order valence-corrected chi connectivity index (χ0v) is 11.8. The second-order valence-electron chi connectivity index (χ2n) is 4.92. The minimum Gasteiger partial charge on any atom is -0.447 e. The molecule has 1 atom stereocenters. The van der Waals surface area contributed by atoms with Crippen LogP contribution in [0.3, 0.4) is 0 Å². The number of nitro groups is 1. The molecule has 1 aliphatic heterocycles. The van der Waals surface area contributed by atoms with Crippen molar-refractivity contribution in [2.75, 3.05) is 11.4 Å². The largest absolute Gasteiger partial charge is 0.447 e. The number of esters is 1. The van der Waals surface area contributed by atoms with E-state index in [4.69, 9.17) is 4.74 Å². The summed E-state index contributed by atoms with van der Waals surface area (Å²) in [6.45, 7) is 0.320. The first-order chi connectivity index (χ1) is 11.1. The van der Waals surface area contributed by atoms with E-state index in [9.17, 15) is 19.7 Å². The van der Waals surface area contributed by atoms with Crippen LogP contribution in [0.15, 0.2) is 36.5 Å². The number of H-pyrrole nitrogens is 1. The van der Waals surface area contributed by atoms with Crippen molar-refractivity contribution in [1.29, 1.82) is 0 Å². The van der Waals surface area contributed by atoms with Crippen LogP contribution in [0.5, 0.6) is 0 Å². The Balaban J connectivity index is 1.73. The number of carbonyl (C=O) groups is 2. The predicted molar refractivity (Wildman–Crippen MR) is 77.9 cm³/mol. The lowest BCUT2D eigenvalue weighted by atomic mass is 10.2. The van der Waals surface area contributed by atoms with Gasteiger partial charge in [-0.3, -0.25) is 20.0 Å². The first-order valence-electron chi connectivity index (χ1n) is 6.82. The van der Waals surface area contributed by atoms with E-state index in [1.165, 1.54) is 35.4 Å². The number of ether oxygens (including phenoxy) is 1. The van der Waals surface area contributed by atoms with Gasteiger partial charge in [-0.05, 0) is 12.1 Å². The molecule has 23 heavy (non-hydrogen) atoms. The summed E-state index contributed by atoms with van der Waals surface area (Å²) in [5, 5.41) is 16.9. The third kappa shape index (κ3) is 2.89. The van der Waals surface area contributed by atoms with Crippen LogP contribution in [0, 0.1) is 10.1 Å². The molecule has 0 aliphatic carbocycles. The molecular weight excluding hydrogens is 304 g/mol. The van der Waals surface area contributed by atoms with Gasteiger partial charge in [0.1, 0.15) is 5.69 Å². The number of aromatic amines is 1. The van der Waals surface area contributed by atoms with Crippen molar-refractivity contribution in [3.8, 4) is 0 Å². The molecule has 1 aliphatic rings. The standard InChI is InChI=1S/C14H12N4O5/c19-13-12(23-14(20)11-4-6-15-16-11)5-7-17(13)9-2-1-3-10(8-9)18(21)22/h1-4,6,8,12H,5,7H2,(H,15,16). The number of nitrogens with one attached hydrogen (secondary N) is 1. The van der Waals surface area contributed by atoms with Crippen LogP contribution in [0.25, 0.3) is 0 Å². The highest BCUT2D eigenvalue weighted by molar-refractivity contribution is 6.01. The second-order valence-corrected chi connectivity index (χ2v) is 4.92. The van der Waals surface area contributed by atoms with E-state index >= 15 is 0 Å². The van der Waals surface area contributed by atoms with Gasteiger partial charge in [-0.2, -0.15) is 5.10 Å². The third-order valence-electron chi connectivity index (χ3n) is 3.48. The monoisotopic (exact) mass is 316 g/mol. The SMILES string of the molecule is O=C(OC1CCN(c2cccc([N+](=O)[O-])c2)C1=O)c1ccn[nH]1. The van der Waals surface area contributed by atoms with Gasteiger partial charge in [0.15, 0.2) is 6.10 Å². The average Bonchev–Trinajstić information content (AvgIpc) is 3.18. The zero-order chi connectivity index (χ0) is 16.4. The van der Waals surface area contributed by atoms with Gasteiger partial charge in [-0.15, -0.1) is 0 Å². The Bertz CT molecular complexity index is 758. The van der Waals surface area contributed by atoms with Crippen LogP contribution in [-0.2, 0) is 9.53 Å². The number of hydrogen-bond donors (Lipinski definition) is 1. The van der Waals surface area contributed by atoms with Gasteiger partial charge in [0.25, 0.3) is 11.6 Å². The molecule has 1 amide bonds. The molecule has 0 spiro atoms. The van der Waals surface area contributed by atoms with Crippen molar-refractivity contribution in [2.45, 2.75) is 12.5 Å². The summed E-state index contributed by atoms with van der Waals surface area (Å²) in [6.07, 6.45) is 0.814. The molecule has 1 N–H and O–H groups in total. The Kier molecular flexibility index (Phi) is 3.75. The van der Waals surface area contributed by atoms with Crippen molar-refractivity contribution < 1.29 is 19.2 Å². The lowest BCUT2D eigenvalue weighted by Crippen LogP contribution is -2.32. The van der Waals surface area contributed by atoms with E-state index < -0.39 is 22.9 Å². The summed E-state index contributed by atoms with van der Waals surface area (Å²) in [4.78, 5) is 35.8. The Morgan fingerprint density at radius 1 is 1.43 bits per heavy atom. The fourth-order valence-corrected chi connectivity index (χ4v) is 2.36. The Morgan fingerprint density at radius 3 is 2.96 bits per heavy atom. The molecule has 2 heterocycles. The summed E-state index contributed by atoms with van der Waals surface area (Å²) in [5.41, 5.74) is 0.462. The number of rotatable bonds is 4. The molecule has 118 valence electrons. The topological polar surface area (TPSA) is 118 Å². The highest BCUT2D eigenvalue weighted by atomic mass is 16.6. The van der Waals surface area contributed by atoms with Gasteiger partial charge >= 0.3 is 5.97 Å². The first kappa shape index (κ1) is 14.7. The van der Waals surface area contributed by atoms with E-state index in [2.05, 4.69) is 10.2 Å². The summed E-state index contributed by atoms with van der Waals surface area (Å²) in [7, 11) is 0. The maximum atomic E-state index is 12.3. The van der Waals surface area contributed by atoms with E-state index in [-0.39, 0.29) is 11.4 Å². The van der Waals surface area contributed by atoms with Crippen molar-refractivity contribution >= 4 is 23.3 Å². The van der Waals surface area contributed by atoms with E-state index in [0.717, 1.165) is 0 Å². The van der Waals surface area contributed by atoms with E-state index in [0.29, 0.717) is 18.7 Å². The number of nitro benzene ring substituents is 1.